The van der Waals surface area contributed by atoms with Gasteiger partial charge in [-0.2, -0.15) is 0 Å². The minimum Gasteiger partial charge on any atom is -0.469 e. The summed E-state index contributed by atoms with van der Waals surface area (Å²) in [7, 11) is 1.29. The minimum absolute atomic E-state index is 0.0435. The predicted molar refractivity (Wildman–Crippen MR) is 53.0 cm³/mol. The Kier molecular flexibility index (Phi) is 3.92. The summed E-state index contributed by atoms with van der Waals surface area (Å²) < 4.78 is 4.44. The van der Waals surface area contributed by atoms with Crippen molar-refractivity contribution < 1.29 is 14.6 Å². The lowest BCUT2D eigenvalue weighted by Crippen LogP contribution is -2.07. The predicted octanol–water partition coefficient (Wildman–Crippen LogP) is 1.94. The van der Waals surface area contributed by atoms with E-state index in [1.54, 1.807) is 24.3 Å². The Morgan fingerprint density at radius 1 is 1.50 bits per heavy atom. The second-order valence-corrected chi connectivity index (χ2v) is 3.28. The maximum atomic E-state index is 10.9. The Morgan fingerprint density at radius 2 is 2.07 bits per heavy atom. The van der Waals surface area contributed by atoms with E-state index < -0.39 is 12.1 Å². The average molecular weight is 215 g/mol. The fraction of sp³-hybridized carbons (Fsp3) is 0.300. The van der Waals surface area contributed by atoms with Crippen molar-refractivity contribution >= 4 is 17.6 Å². The molecule has 0 aliphatic rings. The van der Waals surface area contributed by atoms with Crippen LogP contribution >= 0.6 is 11.6 Å². The second-order valence-electron chi connectivity index (χ2n) is 2.85. The Balaban J connectivity index is 2.65. The average Bonchev–Trinajstić information content (AvgIpc) is 2.18. The molecule has 0 heterocycles. The summed E-state index contributed by atoms with van der Waals surface area (Å²) >= 11 is 5.68. The third-order valence-electron chi connectivity index (χ3n) is 1.84. The van der Waals surface area contributed by atoms with Gasteiger partial charge in [0.2, 0.25) is 0 Å². The molecular weight excluding hydrogens is 204 g/mol. The van der Waals surface area contributed by atoms with E-state index in [1.807, 2.05) is 0 Å². The van der Waals surface area contributed by atoms with E-state index in [0.29, 0.717) is 10.6 Å². The number of methoxy groups -OCH3 is 1. The van der Waals surface area contributed by atoms with Crippen LogP contribution in [-0.4, -0.2) is 18.2 Å². The molecule has 0 spiro atoms. The Morgan fingerprint density at radius 3 is 2.57 bits per heavy atom. The van der Waals surface area contributed by atoms with Gasteiger partial charge in [0.1, 0.15) is 0 Å². The number of halogens is 1. The fourth-order valence-electron chi connectivity index (χ4n) is 1.04. The van der Waals surface area contributed by atoms with Crippen molar-refractivity contribution in [3.63, 3.8) is 0 Å². The Labute approximate surface area is 87.3 Å². The third-order valence-corrected chi connectivity index (χ3v) is 2.09. The summed E-state index contributed by atoms with van der Waals surface area (Å²) in [6.07, 6.45) is -0.877. The number of ether oxygens (including phenoxy) is 1. The van der Waals surface area contributed by atoms with Crippen LogP contribution in [0.2, 0.25) is 5.02 Å². The summed E-state index contributed by atoms with van der Waals surface area (Å²) in [6, 6.07) is 6.68. The van der Waals surface area contributed by atoms with Gasteiger partial charge in [-0.1, -0.05) is 23.7 Å². The van der Waals surface area contributed by atoms with Gasteiger partial charge in [0.05, 0.1) is 19.6 Å². The van der Waals surface area contributed by atoms with Gasteiger partial charge < -0.3 is 9.84 Å². The molecule has 0 amide bonds. The molecule has 0 saturated carbocycles. The smallest absolute Gasteiger partial charge is 0.308 e. The van der Waals surface area contributed by atoms with Crippen LogP contribution in [0.5, 0.6) is 0 Å². The molecule has 4 heteroatoms. The normalized spacial score (nSPS) is 12.2. The van der Waals surface area contributed by atoms with Crippen molar-refractivity contribution in [1.29, 1.82) is 0 Å². The molecular formula is C10H11ClO3. The molecule has 14 heavy (non-hydrogen) atoms. The Hall–Kier alpha value is -1.06. The fourth-order valence-corrected chi connectivity index (χ4v) is 1.17. The lowest BCUT2D eigenvalue weighted by Gasteiger charge is -2.08. The zero-order valence-electron chi connectivity index (χ0n) is 7.74. The molecule has 0 radical (unpaired) electrons. The summed E-state index contributed by atoms with van der Waals surface area (Å²) in [5.74, 6) is -0.438. The molecule has 1 atom stereocenters. The molecule has 1 N–H and O–H groups in total. The molecule has 3 nitrogen and oxygen atoms in total. The van der Waals surface area contributed by atoms with E-state index >= 15 is 0 Å². The molecule has 0 bridgehead atoms. The lowest BCUT2D eigenvalue weighted by atomic mass is 10.1. The number of benzene rings is 1. The number of esters is 1. The van der Waals surface area contributed by atoms with Crippen LogP contribution < -0.4 is 0 Å². The van der Waals surface area contributed by atoms with E-state index in [2.05, 4.69) is 4.74 Å². The van der Waals surface area contributed by atoms with Gasteiger partial charge in [-0.05, 0) is 17.7 Å². The quantitative estimate of drug-likeness (QED) is 0.783. The first-order valence-corrected chi connectivity index (χ1v) is 4.51. The van der Waals surface area contributed by atoms with Crippen molar-refractivity contribution in [1.82, 2.24) is 0 Å². The molecule has 1 unspecified atom stereocenters. The summed E-state index contributed by atoms with van der Waals surface area (Å²) in [4.78, 5) is 10.9. The first kappa shape index (κ1) is 11.0. The highest BCUT2D eigenvalue weighted by Crippen LogP contribution is 2.19. The van der Waals surface area contributed by atoms with E-state index in [0.717, 1.165) is 0 Å². The first-order valence-electron chi connectivity index (χ1n) is 4.14. The second kappa shape index (κ2) is 4.98. The maximum absolute atomic E-state index is 10.9. The van der Waals surface area contributed by atoms with Crippen molar-refractivity contribution in [2.24, 2.45) is 0 Å². The summed E-state index contributed by atoms with van der Waals surface area (Å²) in [5, 5.41) is 10.2. The molecule has 0 aliphatic carbocycles. The molecule has 0 aromatic heterocycles. The van der Waals surface area contributed by atoms with Crippen molar-refractivity contribution in [2.45, 2.75) is 12.5 Å². The van der Waals surface area contributed by atoms with Gasteiger partial charge in [0.25, 0.3) is 0 Å². The van der Waals surface area contributed by atoms with E-state index in [4.69, 9.17) is 11.6 Å². The van der Waals surface area contributed by atoms with Crippen molar-refractivity contribution in [3.8, 4) is 0 Å². The molecule has 1 aromatic rings. The maximum Gasteiger partial charge on any atom is 0.308 e. The van der Waals surface area contributed by atoms with E-state index in [-0.39, 0.29) is 6.42 Å². The molecule has 0 aliphatic heterocycles. The molecule has 1 aromatic carbocycles. The standard InChI is InChI=1S/C10H11ClO3/c1-14-10(13)6-9(12)7-2-4-8(11)5-3-7/h2-5,9,12H,6H2,1H3. The number of hydrogen-bond donors (Lipinski definition) is 1. The van der Waals surface area contributed by atoms with Gasteiger partial charge in [-0.25, -0.2) is 0 Å². The van der Waals surface area contributed by atoms with E-state index in [1.165, 1.54) is 7.11 Å². The number of hydrogen-bond acceptors (Lipinski definition) is 3. The van der Waals surface area contributed by atoms with Crippen molar-refractivity contribution in [2.75, 3.05) is 7.11 Å². The highest BCUT2D eigenvalue weighted by Gasteiger charge is 2.12. The lowest BCUT2D eigenvalue weighted by molar-refractivity contribution is -0.142. The van der Waals surface area contributed by atoms with Crippen LogP contribution in [0.4, 0.5) is 0 Å². The zero-order chi connectivity index (χ0) is 10.6. The van der Waals surface area contributed by atoms with Gasteiger partial charge in [-0.3, -0.25) is 4.79 Å². The number of aliphatic hydroxyl groups is 1. The molecule has 0 saturated heterocycles. The Bertz CT molecular complexity index is 308. The molecule has 1 rings (SSSR count). The number of rotatable bonds is 3. The van der Waals surface area contributed by atoms with Crippen molar-refractivity contribution in [3.05, 3.63) is 34.9 Å². The summed E-state index contributed by atoms with van der Waals surface area (Å²) in [6.45, 7) is 0. The van der Waals surface area contributed by atoms with Crippen LogP contribution in [0.15, 0.2) is 24.3 Å². The van der Waals surface area contributed by atoms with E-state index in [9.17, 15) is 9.90 Å². The van der Waals surface area contributed by atoms with Crippen LogP contribution in [0.1, 0.15) is 18.1 Å². The van der Waals surface area contributed by atoms with Gasteiger partial charge in [0, 0.05) is 5.02 Å². The largest absolute Gasteiger partial charge is 0.469 e. The monoisotopic (exact) mass is 214 g/mol. The van der Waals surface area contributed by atoms with Gasteiger partial charge in [-0.15, -0.1) is 0 Å². The number of aliphatic hydroxyl groups excluding tert-OH is 1. The van der Waals surface area contributed by atoms with Gasteiger partial charge in [0.15, 0.2) is 0 Å². The molecule has 76 valence electrons. The summed E-state index contributed by atoms with van der Waals surface area (Å²) in [5.41, 5.74) is 0.653. The third kappa shape index (κ3) is 3.01. The molecule has 0 fully saturated rings. The number of carbonyl (C=O) groups excluding carboxylic acids is 1. The van der Waals surface area contributed by atoms with Crippen LogP contribution in [0.25, 0.3) is 0 Å². The van der Waals surface area contributed by atoms with Crippen LogP contribution in [0, 0.1) is 0 Å². The van der Waals surface area contributed by atoms with Crippen LogP contribution in [0.3, 0.4) is 0 Å². The highest BCUT2D eigenvalue weighted by molar-refractivity contribution is 6.30. The highest BCUT2D eigenvalue weighted by atomic mass is 35.5. The van der Waals surface area contributed by atoms with Gasteiger partial charge >= 0.3 is 5.97 Å². The zero-order valence-corrected chi connectivity index (χ0v) is 8.49. The van der Waals surface area contributed by atoms with Crippen LogP contribution in [-0.2, 0) is 9.53 Å². The SMILES string of the molecule is COC(=O)CC(O)c1ccc(Cl)cc1. The number of carbonyl (C=O) groups is 1. The topological polar surface area (TPSA) is 46.5 Å². The minimum atomic E-state index is -0.834. The first-order chi connectivity index (χ1) is 6.63.